The van der Waals surface area contributed by atoms with Gasteiger partial charge in [-0.25, -0.2) is 4.79 Å². The maximum Gasteiger partial charge on any atom is 0.332 e. The van der Waals surface area contributed by atoms with E-state index in [1.165, 1.54) is 11.6 Å². The highest BCUT2D eigenvalue weighted by molar-refractivity contribution is 5.75. The van der Waals surface area contributed by atoms with Crippen molar-refractivity contribution in [1.29, 1.82) is 0 Å². The smallest absolute Gasteiger partial charge is 0.332 e. The highest BCUT2D eigenvalue weighted by Gasteiger charge is 2.27. The van der Waals surface area contributed by atoms with E-state index in [4.69, 9.17) is 10.7 Å². The van der Waals surface area contributed by atoms with Gasteiger partial charge in [-0.05, 0) is 24.5 Å². The standard InChI is InChI=1S/C19H24N6O2.C2H6/c1-12-6-4-5-7-13(12)10-25-15-16(22(2)19(27)23(3)17(15)26)21-18(25)24-9-8-14(20)11-24;1-2/h4-7,14H,8-11,20H2,1-3H3;1-2H3. The van der Waals surface area contributed by atoms with E-state index in [-0.39, 0.29) is 17.3 Å². The number of hydrogen-bond donors (Lipinski definition) is 1. The van der Waals surface area contributed by atoms with Crippen molar-refractivity contribution in [3.63, 3.8) is 0 Å². The third-order valence-corrected chi connectivity index (χ3v) is 5.43. The molecule has 8 nitrogen and oxygen atoms in total. The maximum absolute atomic E-state index is 12.9. The Bertz CT molecular complexity index is 1140. The van der Waals surface area contributed by atoms with Crippen molar-refractivity contribution in [2.75, 3.05) is 18.0 Å². The van der Waals surface area contributed by atoms with Crippen LogP contribution in [0.3, 0.4) is 0 Å². The Morgan fingerprint density at radius 3 is 2.45 bits per heavy atom. The van der Waals surface area contributed by atoms with E-state index in [9.17, 15) is 9.59 Å². The Labute approximate surface area is 170 Å². The lowest BCUT2D eigenvalue weighted by atomic mass is 10.1. The molecule has 1 aliphatic rings. The molecule has 1 saturated heterocycles. The van der Waals surface area contributed by atoms with Crippen molar-refractivity contribution >= 4 is 17.1 Å². The first-order chi connectivity index (χ1) is 13.9. The second kappa shape index (κ2) is 8.24. The molecule has 0 radical (unpaired) electrons. The molecule has 156 valence electrons. The summed E-state index contributed by atoms with van der Waals surface area (Å²) in [6.07, 6.45) is 0.879. The van der Waals surface area contributed by atoms with Crippen molar-refractivity contribution in [3.8, 4) is 0 Å². The van der Waals surface area contributed by atoms with Crippen LogP contribution in [-0.2, 0) is 20.6 Å². The summed E-state index contributed by atoms with van der Waals surface area (Å²) in [6.45, 7) is 8.03. The van der Waals surface area contributed by atoms with Crippen LogP contribution in [0.2, 0.25) is 0 Å². The molecule has 2 N–H and O–H groups in total. The third-order valence-electron chi connectivity index (χ3n) is 5.43. The number of hydrogen-bond acceptors (Lipinski definition) is 5. The summed E-state index contributed by atoms with van der Waals surface area (Å²) in [5.74, 6) is 0.694. The van der Waals surface area contributed by atoms with Crippen LogP contribution in [0.25, 0.3) is 11.2 Å². The normalized spacial score (nSPS) is 16.2. The largest absolute Gasteiger partial charge is 0.341 e. The van der Waals surface area contributed by atoms with Gasteiger partial charge in [-0.15, -0.1) is 0 Å². The summed E-state index contributed by atoms with van der Waals surface area (Å²) < 4.78 is 4.50. The molecule has 1 unspecified atom stereocenters. The summed E-state index contributed by atoms with van der Waals surface area (Å²) in [5.41, 5.74) is 8.49. The quantitative estimate of drug-likeness (QED) is 0.719. The van der Waals surface area contributed by atoms with E-state index >= 15 is 0 Å². The zero-order chi connectivity index (χ0) is 21.3. The van der Waals surface area contributed by atoms with Gasteiger partial charge in [0.05, 0.1) is 6.54 Å². The lowest BCUT2D eigenvalue weighted by molar-refractivity contribution is 0.701. The number of nitrogens with zero attached hydrogens (tertiary/aromatic N) is 5. The predicted octanol–water partition coefficient (Wildman–Crippen LogP) is 1.35. The first-order valence-electron chi connectivity index (χ1n) is 10.1. The molecular formula is C21H30N6O2. The minimum absolute atomic E-state index is 0.0865. The average molecular weight is 399 g/mol. The van der Waals surface area contributed by atoms with E-state index in [0.29, 0.717) is 30.2 Å². The second-order valence-electron chi connectivity index (χ2n) is 7.30. The number of aryl methyl sites for hydroxylation is 2. The molecule has 0 spiro atoms. The van der Waals surface area contributed by atoms with Gasteiger partial charge in [0, 0.05) is 33.2 Å². The number of fused-ring (bicyclic) bond motifs is 1. The molecule has 0 bridgehead atoms. The molecule has 1 aromatic carbocycles. The molecule has 0 saturated carbocycles. The summed E-state index contributed by atoms with van der Waals surface area (Å²) in [6, 6.07) is 8.17. The van der Waals surface area contributed by atoms with Gasteiger partial charge >= 0.3 is 5.69 Å². The van der Waals surface area contributed by atoms with E-state index in [2.05, 4.69) is 4.90 Å². The molecule has 0 amide bonds. The molecule has 8 heteroatoms. The van der Waals surface area contributed by atoms with Crippen LogP contribution in [0.15, 0.2) is 33.9 Å². The number of benzene rings is 1. The van der Waals surface area contributed by atoms with E-state index < -0.39 is 0 Å². The number of aromatic nitrogens is 4. The molecule has 4 rings (SSSR count). The second-order valence-corrected chi connectivity index (χ2v) is 7.30. The zero-order valence-electron chi connectivity index (χ0n) is 17.8. The minimum atomic E-state index is -0.377. The SMILES string of the molecule is CC.Cc1ccccc1Cn1c(N2CCC(N)C2)nc2c1c(=O)n(C)c(=O)n2C. The van der Waals surface area contributed by atoms with Gasteiger partial charge in [0.25, 0.3) is 5.56 Å². The van der Waals surface area contributed by atoms with E-state index in [1.807, 2.05) is 49.6 Å². The van der Waals surface area contributed by atoms with Gasteiger partial charge in [-0.1, -0.05) is 38.1 Å². The van der Waals surface area contributed by atoms with Gasteiger partial charge in [-0.3, -0.25) is 18.5 Å². The van der Waals surface area contributed by atoms with E-state index in [0.717, 1.165) is 28.7 Å². The lowest BCUT2D eigenvalue weighted by Gasteiger charge is -2.19. The van der Waals surface area contributed by atoms with Crippen molar-refractivity contribution < 1.29 is 0 Å². The topological polar surface area (TPSA) is 91.1 Å². The Morgan fingerprint density at radius 1 is 1.14 bits per heavy atom. The van der Waals surface area contributed by atoms with Crippen LogP contribution in [0.5, 0.6) is 0 Å². The number of rotatable bonds is 3. The molecule has 3 aromatic rings. The molecule has 1 aliphatic heterocycles. The summed E-state index contributed by atoms with van der Waals surface area (Å²) >= 11 is 0. The Morgan fingerprint density at radius 2 is 1.83 bits per heavy atom. The van der Waals surface area contributed by atoms with Gasteiger partial charge in [0.1, 0.15) is 0 Å². The number of anilines is 1. The van der Waals surface area contributed by atoms with Gasteiger partial charge < -0.3 is 10.6 Å². The van der Waals surface area contributed by atoms with Crippen molar-refractivity contribution in [2.24, 2.45) is 19.8 Å². The Balaban J connectivity index is 0.00000117. The van der Waals surface area contributed by atoms with Crippen LogP contribution < -0.4 is 21.9 Å². The molecule has 2 aromatic heterocycles. The fraction of sp³-hybridized carbons (Fsp3) is 0.476. The summed E-state index contributed by atoms with van der Waals surface area (Å²) in [7, 11) is 3.15. The highest BCUT2D eigenvalue weighted by Crippen LogP contribution is 2.25. The van der Waals surface area contributed by atoms with Gasteiger partial charge in [0.2, 0.25) is 5.95 Å². The maximum atomic E-state index is 12.9. The van der Waals surface area contributed by atoms with Crippen LogP contribution in [0, 0.1) is 6.92 Å². The number of imidazole rings is 1. The lowest BCUT2D eigenvalue weighted by Crippen LogP contribution is -2.37. The monoisotopic (exact) mass is 398 g/mol. The zero-order valence-corrected chi connectivity index (χ0v) is 17.8. The third kappa shape index (κ3) is 3.60. The highest BCUT2D eigenvalue weighted by atomic mass is 16.2. The Kier molecular flexibility index (Phi) is 5.93. The number of nitrogens with two attached hydrogens (primary N) is 1. The van der Waals surface area contributed by atoms with Crippen molar-refractivity contribution in [3.05, 3.63) is 56.2 Å². The molecule has 1 atom stereocenters. The summed E-state index contributed by atoms with van der Waals surface area (Å²) in [4.78, 5) is 32.1. The van der Waals surface area contributed by atoms with Crippen LogP contribution >= 0.6 is 0 Å². The fourth-order valence-electron chi connectivity index (χ4n) is 3.75. The Hall–Kier alpha value is -2.87. The fourth-order valence-corrected chi connectivity index (χ4v) is 3.75. The molecule has 3 heterocycles. The minimum Gasteiger partial charge on any atom is -0.341 e. The predicted molar refractivity (Wildman–Crippen MR) is 117 cm³/mol. The molecular weight excluding hydrogens is 368 g/mol. The molecule has 0 aliphatic carbocycles. The molecule has 29 heavy (non-hydrogen) atoms. The van der Waals surface area contributed by atoms with Crippen LogP contribution in [0.1, 0.15) is 31.4 Å². The van der Waals surface area contributed by atoms with Crippen molar-refractivity contribution in [2.45, 2.75) is 39.8 Å². The van der Waals surface area contributed by atoms with Crippen LogP contribution in [0.4, 0.5) is 5.95 Å². The first kappa shape index (κ1) is 20.9. The van der Waals surface area contributed by atoms with Crippen LogP contribution in [-0.4, -0.2) is 37.8 Å². The van der Waals surface area contributed by atoms with Crippen molar-refractivity contribution in [1.82, 2.24) is 18.7 Å². The van der Waals surface area contributed by atoms with Gasteiger partial charge in [-0.2, -0.15) is 4.98 Å². The first-order valence-corrected chi connectivity index (χ1v) is 10.1. The van der Waals surface area contributed by atoms with E-state index in [1.54, 1.807) is 7.05 Å². The van der Waals surface area contributed by atoms with Gasteiger partial charge in [0.15, 0.2) is 11.2 Å². The average Bonchev–Trinajstić information content (AvgIpc) is 3.32. The molecule has 1 fully saturated rings. The summed E-state index contributed by atoms with van der Waals surface area (Å²) in [5, 5.41) is 0.